The van der Waals surface area contributed by atoms with E-state index in [1.165, 1.54) is 35.9 Å². The molecular weight excluding hydrogens is 348 g/mol. The van der Waals surface area contributed by atoms with E-state index in [2.05, 4.69) is 18.1 Å². The number of carbonyl (C=O) groups is 1. The molecule has 0 bridgehead atoms. The van der Waals surface area contributed by atoms with Crippen LogP contribution in [0.4, 0.5) is 0 Å². The van der Waals surface area contributed by atoms with Crippen molar-refractivity contribution in [3.63, 3.8) is 0 Å². The fourth-order valence-electron chi connectivity index (χ4n) is 3.65. The van der Waals surface area contributed by atoms with Gasteiger partial charge in [-0.2, -0.15) is 5.10 Å². The summed E-state index contributed by atoms with van der Waals surface area (Å²) in [4.78, 5) is 12.7. The number of fused-ring (bicyclic) bond motifs is 1. The largest absolute Gasteiger partial charge is 0.484 e. The molecule has 2 aromatic carbocycles. The Morgan fingerprint density at radius 3 is 2.54 bits per heavy atom. The van der Waals surface area contributed by atoms with E-state index in [0.29, 0.717) is 5.75 Å². The smallest absolute Gasteiger partial charge is 0.284 e. The molecule has 0 N–H and O–H groups in total. The highest BCUT2D eigenvalue weighted by atomic mass is 16.5. The topological polar surface area (TPSA) is 44.1 Å². The summed E-state index contributed by atoms with van der Waals surface area (Å²) in [5.41, 5.74) is 3.10. The van der Waals surface area contributed by atoms with Crippen LogP contribution < -0.4 is 4.74 Å². The van der Waals surface area contributed by atoms with Crippen molar-refractivity contribution in [2.75, 3.05) is 6.61 Å². The number of hydrogen-bond acceptors (Lipinski definition) is 3. The van der Waals surface area contributed by atoms with Crippen LogP contribution in [0.15, 0.2) is 42.5 Å². The lowest BCUT2D eigenvalue weighted by atomic mass is 10.0. The number of aromatic nitrogens is 2. The van der Waals surface area contributed by atoms with Gasteiger partial charge in [0.05, 0.1) is 5.69 Å². The van der Waals surface area contributed by atoms with Gasteiger partial charge in [-0.25, -0.2) is 4.68 Å². The van der Waals surface area contributed by atoms with E-state index in [-0.39, 0.29) is 12.5 Å². The zero-order chi connectivity index (χ0) is 19.9. The molecule has 0 atom stereocenters. The molecule has 0 aliphatic rings. The van der Waals surface area contributed by atoms with Crippen molar-refractivity contribution in [1.29, 1.82) is 0 Å². The maximum absolute atomic E-state index is 12.7. The molecule has 3 rings (SSSR count). The Balaban J connectivity index is 1.61. The van der Waals surface area contributed by atoms with Crippen molar-refractivity contribution >= 4 is 16.7 Å². The molecule has 1 heterocycles. The van der Waals surface area contributed by atoms with Crippen LogP contribution in [0, 0.1) is 13.8 Å². The first-order valence-corrected chi connectivity index (χ1v) is 10.3. The van der Waals surface area contributed by atoms with E-state index >= 15 is 0 Å². The van der Waals surface area contributed by atoms with Crippen LogP contribution >= 0.6 is 0 Å². The zero-order valence-corrected chi connectivity index (χ0v) is 17.2. The van der Waals surface area contributed by atoms with Gasteiger partial charge in [0.15, 0.2) is 6.61 Å². The maximum Gasteiger partial charge on any atom is 0.284 e. The van der Waals surface area contributed by atoms with Crippen LogP contribution in [0.5, 0.6) is 5.75 Å². The van der Waals surface area contributed by atoms with Crippen LogP contribution in [0.3, 0.4) is 0 Å². The lowest BCUT2D eigenvalue weighted by Crippen LogP contribution is -2.21. The van der Waals surface area contributed by atoms with Gasteiger partial charge in [0.1, 0.15) is 5.75 Å². The van der Waals surface area contributed by atoms with Crippen molar-refractivity contribution in [3.05, 3.63) is 59.4 Å². The molecule has 0 fully saturated rings. The quantitative estimate of drug-likeness (QED) is 0.436. The molecule has 3 aromatic rings. The summed E-state index contributed by atoms with van der Waals surface area (Å²) in [6.45, 7) is 6.18. The zero-order valence-electron chi connectivity index (χ0n) is 17.2. The highest BCUT2D eigenvalue weighted by Crippen LogP contribution is 2.21. The fourth-order valence-corrected chi connectivity index (χ4v) is 3.65. The summed E-state index contributed by atoms with van der Waals surface area (Å²) in [5.74, 6) is 0.565. The molecule has 0 aliphatic carbocycles. The average Bonchev–Trinajstić information content (AvgIpc) is 3.00. The third-order valence-electron chi connectivity index (χ3n) is 5.29. The van der Waals surface area contributed by atoms with E-state index in [9.17, 15) is 4.79 Å². The van der Waals surface area contributed by atoms with E-state index < -0.39 is 0 Å². The van der Waals surface area contributed by atoms with Gasteiger partial charge in [-0.1, -0.05) is 62.9 Å². The second kappa shape index (κ2) is 9.54. The Morgan fingerprint density at radius 1 is 1.00 bits per heavy atom. The van der Waals surface area contributed by atoms with E-state index in [1.807, 2.05) is 50.2 Å². The molecule has 148 valence electrons. The van der Waals surface area contributed by atoms with E-state index in [0.717, 1.165) is 35.0 Å². The minimum Gasteiger partial charge on any atom is -0.484 e. The van der Waals surface area contributed by atoms with E-state index in [1.54, 1.807) is 0 Å². The number of carbonyl (C=O) groups excluding carboxylic acids is 1. The molecule has 4 nitrogen and oxygen atoms in total. The number of benzene rings is 2. The van der Waals surface area contributed by atoms with E-state index in [4.69, 9.17) is 4.74 Å². The monoisotopic (exact) mass is 378 g/mol. The molecular formula is C24H30N2O2. The molecule has 0 radical (unpaired) electrons. The molecule has 0 unspecified atom stereocenters. The predicted octanol–water partition coefficient (Wildman–Crippen LogP) is 5.89. The van der Waals surface area contributed by atoms with Crippen LogP contribution in [-0.4, -0.2) is 22.3 Å². The molecule has 1 aromatic heterocycles. The SMILES string of the molecule is CCCCCCCc1c(C)nn(C(=O)COc2ccc3ccccc3c2)c1C. The first-order valence-electron chi connectivity index (χ1n) is 10.3. The number of unbranched alkanes of at least 4 members (excludes halogenated alkanes) is 4. The highest BCUT2D eigenvalue weighted by Gasteiger charge is 2.16. The molecule has 0 saturated carbocycles. The number of rotatable bonds is 9. The lowest BCUT2D eigenvalue weighted by Gasteiger charge is -2.08. The Morgan fingerprint density at radius 2 is 1.75 bits per heavy atom. The first kappa shape index (κ1) is 20.1. The Bertz CT molecular complexity index is 943. The van der Waals surface area contributed by atoms with Gasteiger partial charge in [-0.15, -0.1) is 0 Å². The normalized spacial score (nSPS) is 11.1. The highest BCUT2D eigenvalue weighted by molar-refractivity contribution is 5.84. The minimum atomic E-state index is -0.133. The summed E-state index contributed by atoms with van der Waals surface area (Å²) in [6.07, 6.45) is 7.19. The standard InChI is InChI=1S/C24H30N2O2/c1-4-5-6-7-8-13-23-18(2)25-26(19(23)3)24(27)17-28-22-15-14-20-11-9-10-12-21(20)16-22/h9-12,14-16H,4-8,13,17H2,1-3H3. The molecule has 0 saturated heterocycles. The predicted molar refractivity (Wildman–Crippen MR) is 114 cm³/mol. The average molecular weight is 379 g/mol. The molecule has 0 aliphatic heterocycles. The summed E-state index contributed by atoms with van der Waals surface area (Å²) in [6, 6.07) is 14.0. The Kier molecular flexibility index (Phi) is 6.85. The van der Waals surface area contributed by atoms with Gasteiger partial charge in [0.2, 0.25) is 0 Å². The molecule has 0 amide bonds. The molecule has 4 heteroatoms. The van der Waals surface area contributed by atoms with Gasteiger partial charge in [-0.05, 0) is 55.2 Å². The summed E-state index contributed by atoms with van der Waals surface area (Å²) >= 11 is 0. The van der Waals surface area contributed by atoms with Crippen molar-refractivity contribution < 1.29 is 9.53 Å². The third-order valence-corrected chi connectivity index (χ3v) is 5.29. The van der Waals surface area contributed by atoms with Crippen LogP contribution in [-0.2, 0) is 6.42 Å². The number of ether oxygens (including phenoxy) is 1. The summed E-state index contributed by atoms with van der Waals surface area (Å²) in [7, 11) is 0. The van der Waals surface area contributed by atoms with Gasteiger partial charge in [0.25, 0.3) is 5.91 Å². The second-order valence-corrected chi connectivity index (χ2v) is 7.42. The molecule has 0 spiro atoms. The van der Waals surface area contributed by atoms with Crippen molar-refractivity contribution in [2.24, 2.45) is 0 Å². The first-order chi connectivity index (χ1) is 13.6. The minimum absolute atomic E-state index is 0.0176. The number of nitrogens with zero attached hydrogens (tertiary/aromatic N) is 2. The lowest BCUT2D eigenvalue weighted by molar-refractivity contribution is 0.0818. The number of hydrogen-bond donors (Lipinski definition) is 0. The summed E-state index contributed by atoms with van der Waals surface area (Å²) in [5, 5.41) is 6.73. The Hall–Kier alpha value is -2.62. The second-order valence-electron chi connectivity index (χ2n) is 7.42. The van der Waals surface area contributed by atoms with Crippen LogP contribution in [0.25, 0.3) is 10.8 Å². The van der Waals surface area contributed by atoms with Crippen molar-refractivity contribution in [1.82, 2.24) is 9.78 Å². The van der Waals surface area contributed by atoms with Gasteiger partial charge >= 0.3 is 0 Å². The number of aryl methyl sites for hydroxylation is 1. The summed E-state index contributed by atoms with van der Waals surface area (Å²) < 4.78 is 7.26. The van der Waals surface area contributed by atoms with Crippen molar-refractivity contribution in [3.8, 4) is 5.75 Å². The maximum atomic E-state index is 12.7. The Labute approximate surface area is 167 Å². The molecule has 28 heavy (non-hydrogen) atoms. The van der Waals surface area contributed by atoms with Gasteiger partial charge in [-0.3, -0.25) is 4.79 Å². The third kappa shape index (κ3) is 4.80. The van der Waals surface area contributed by atoms with Gasteiger partial charge in [0, 0.05) is 5.69 Å². The van der Waals surface area contributed by atoms with Crippen LogP contribution in [0.2, 0.25) is 0 Å². The fraction of sp³-hybridized carbons (Fsp3) is 0.417. The van der Waals surface area contributed by atoms with Crippen molar-refractivity contribution in [2.45, 2.75) is 59.3 Å². The van der Waals surface area contributed by atoms with Crippen LogP contribution in [0.1, 0.15) is 60.8 Å². The van der Waals surface area contributed by atoms with Gasteiger partial charge < -0.3 is 4.74 Å².